The molecule has 1 heterocycles. The Morgan fingerprint density at radius 2 is 1.64 bits per heavy atom. The summed E-state index contributed by atoms with van der Waals surface area (Å²) in [7, 11) is 3.91. The smallest absolute Gasteiger partial charge is 0.305 e. The quantitative estimate of drug-likeness (QED) is 0.194. The molecule has 1 aliphatic rings. The maximum absolute atomic E-state index is 14.0. The molecule has 42 heavy (non-hydrogen) atoms. The van der Waals surface area contributed by atoms with Crippen molar-refractivity contribution in [2.75, 3.05) is 42.0 Å². The molecule has 8 nitrogen and oxygen atoms in total. The zero-order valence-corrected chi connectivity index (χ0v) is 25.6. The zero-order chi connectivity index (χ0) is 30.4. The van der Waals surface area contributed by atoms with Gasteiger partial charge in [0.05, 0.1) is 24.9 Å². The maximum Gasteiger partial charge on any atom is 0.305 e. The van der Waals surface area contributed by atoms with E-state index in [0.29, 0.717) is 48.1 Å². The number of rotatable bonds is 10. The number of carbonyl (C=O) groups excluding carboxylic acids is 3. The molecule has 3 aromatic carbocycles. The third-order valence-electron chi connectivity index (χ3n) is 7.33. The van der Waals surface area contributed by atoms with Crippen LogP contribution in [0.25, 0.3) is 0 Å². The molecule has 2 atom stereocenters. The molecule has 0 aliphatic carbocycles. The van der Waals surface area contributed by atoms with Gasteiger partial charge in [-0.25, -0.2) is 0 Å². The van der Waals surface area contributed by atoms with Crippen molar-refractivity contribution in [3.63, 3.8) is 0 Å². The van der Waals surface area contributed by atoms with Gasteiger partial charge >= 0.3 is 5.97 Å². The first kappa shape index (κ1) is 30.9. The van der Waals surface area contributed by atoms with Gasteiger partial charge in [-0.2, -0.15) is 0 Å². The Morgan fingerprint density at radius 3 is 2.26 bits per heavy atom. The van der Waals surface area contributed by atoms with E-state index in [1.807, 2.05) is 80.5 Å². The van der Waals surface area contributed by atoms with Crippen molar-refractivity contribution >= 4 is 46.4 Å². The van der Waals surface area contributed by atoms with Crippen molar-refractivity contribution in [1.29, 1.82) is 0 Å². The second-order valence-corrected chi connectivity index (χ2v) is 11.0. The van der Waals surface area contributed by atoms with Crippen molar-refractivity contribution in [2.24, 2.45) is 0 Å². The molecule has 0 saturated carbocycles. The van der Waals surface area contributed by atoms with E-state index in [4.69, 9.17) is 21.1 Å². The molecule has 0 radical (unpaired) electrons. The molecule has 1 aliphatic heterocycles. The van der Waals surface area contributed by atoms with Gasteiger partial charge in [0.15, 0.2) is 0 Å². The number of benzene rings is 3. The molecule has 2 amide bonds. The third-order valence-corrected chi connectivity index (χ3v) is 7.58. The van der Waals surface area contributed by atoms with Crippen LogP contribution in [0.4, 0.5) is 17.1 Å². The number of nitrogens with zero attached hydrogens (tertiary/aromatic N) is 3. The van der Waals surface area contributed by atoms with Crippen LogP contribution in [0.1, 0.15) is 62.0 Å². The van der Waals surface area contributed by atoms with Gasteiger partial charge in [-0.05, 0) is 86.8 Å². The van der Waals surface area contributed by atoms with Gasteiger partial charge in [-0.1, -0.05) is 17.7 Å². The Kier molecular flexibility index (Phi) is 10.1. The van der Waals surface area contributed by atoms with Crippen LogP contribution >= 0.6 is 11.6 Å². The lowest BCUT2D eigenvalue weighted by Crippen LogP contribution is -2.47. The molecule has 4 rings (SSSR count). The van der Waals surface area contributed by atoms with Crippen molar-refractivity contribution < 1.29 is 23.9 Å². The van der Waals surface area contributed by atoms with Gasteiger partial charge in [-0.3, -0.25) is 14.4 Å². The molecular weight excluding hydrogens is 554 g/mol. The highest BCUT2D eigenvalue weighted by Crippen LogP contribution is 2.44. The van der Waals surface area contributed by atoms with Crippen LogP contribution in [0.15, 0.2) is 66.7 Å². The van der Waals surface area contributed by atoms with E-state index in [9.17, 15) is 14.4 Å². The van der Waals surface area contributed by atoms with Crippen LogP contribution in [0.2, 0.25) is 5.02 Å². The predicted octanol–water partition coefficient (Wildman–Crippen LogP) is 6.66. The minimum atomic E-state index is -0.313. The minimum absolute atomic E-state index is 0.112. The van der Waals surface area contributed by atoms with Crippen molar-refractivity contribution in [2.45, 2.75) is 52.1 Å². The Bertz CT molecular complexity index is 1410. The van der Waals surface area contributed by atoms with Gasteiger partial charge < -0.3 is 24.2 Å². The van der Waals surface area contributed by atoms with E-state index in [0.717, 1.165) is 16.9 Å². The fourth-order valence-corrected chi connectivity index (χ4v) is 5.44. The second kappa shape index (κ2) is 13.7. The normalized spacial score (nSPS) is 15.9. The highest BCUT2D eigenvalue weighted by Gasteiger charge is 2.38. The summed E-state index contributed by atoms with van der Waals surface area (Å²) in [4.78, 5) is 44.3. The van der Waals surface area contributed by atoms with Crippen LogP contribution in [0.5, 0.6) is 5.75 Å². The molecule has 0 bridgehead atoms. The first-order chi connectivity index (χ1) is 20.1. The number of halogens is 1. The highest BCUT2D eigenvalue weighted by atomic mass is 35.5. The summed E-state index contributed by atoms with van der Waals surface area (Å²) >= 11 is 6.14. The topological polar surface area (TPSA) is 79.4 Å². The Morgan fingerprint density at radius 1 is 0.976 bits per heavy atom. The molecular formula is C33H38ClN3O5. The molecule has 0 saturated heterocycles. The predicted molar refractivity (Wildman–Crippen MR) is 167 cm³/mol. The van der Waals surface area contributed by atoms with Crippen molar-refractivity contribution in [3.8, 4) is 5.75 Å². The van der Waals surface area contributed by atoms with Crippen LogP contribution in [-0.2, 0) is 14.3 Å². The average molecular weight is 592 g/mol. The van der Waals surface area contributed by atoms with Crippen molar-refractivity contribution in [1.82, 2.24) is 0 Å². The Hall–Kier alpha value is -4.04. The lowest BCUT2D eigenvalue weighted by molar-refractivity contribution is -0.143. The zero-order valence-electron chi connectivity index (χ0n) is 24.8. The average Bonchev–Trinajstić information content (AvgIpc) is 2.96. The van der Waals surface area contributed by atoms with Crippen molar-refractivity contribution in [3.05, 3.63) is 82.9 Å². The number of fused-ring (bicyclic) bond motifs is 1. The molecule has 0 spiro atoms. The number of carbonyl (C=O) groups is 3. The molecule has 1 unspecified atom stereocenters. The van der Waals surface area contributed by atoms with Gasteiger partial charge in [0.1, 0.15) is 5.75 Å². The molecule has 0 aromatic heterocycles. The third kappa shape index (κ3) is 7.05. The Balaban J connectivity index is 1.71. The standard InChI is InChI=1S/C33H38ClN3O5/c1-6-41-32(39)8-7-19-42-28-17-18-29-30(37(23(3)38)27-15-11-25(34)12-16-27)20-22(2)36(31(29)21-28)33(40)24-9-13-26(14-10-24)35(4)5/h9-18,21-22,30H,6-8,19-20H2,1-5H3/t22?,30-/m0/s1. The van der Waals surface area contributed by atoms with Gasteiger partial charge in [-0.15, -0.1) is 0 Å². The van der Waals surface area contributed by atoms with E-state index < -0.39 is 0 Å². The summed E-state index contributed by atoms with van der Waals surface area (Å²) in [6.07, 6.45) is 1.31. The van der Waals surface area contributed by atoms with E-state index in [2.05, 4.69) is 0 Å². The molecule has 0 fully saturated rings. The van der Waals surface area contributed by atoms with E-state index in [-0.39, 0.29) is 36.3 Å². The monoisotopic (exact) mass is 591 g/mol. The number of amides is 2. The molecule has 222 valence electrons. The molecule has 3 aromatic rings. The lowest BCUT2D eigenvalue weighted by atomic mass is 9.89. The number of anilines is 3. The Labute approximate surface area is 252 Å². The van der Waals surface area contributed by atoms with E-state index in [1.54, 1.807) is 35.8 Å². The molecule has 9 heteroatoms. The second-order valence-electron chi connectivity index (χ2n) is 10.6. The number of hydrogen-bond donors (Lipinski definition) is 0. The van der Waals surface area contributed by atoms with Crippen LogP contribution in [-0.4, -0.2) is 51.1 Å². The summed E-state index contributed by atoms with van der Waals surface area (Å²) in [6.45, 7) is 5.98. The minimum Gasteiger partial charge on any atom is -0.494 e. The summed E-state index contributed by atoms with van der Waals surface area (Å²) in [5.74, 6) is 0.0746. The van der Waals surface area contributed by atoms with E-state index in [1.165, 1.54) is 0 Å². The summed E-state index contributed by atoms with van der Waals surface area (Å²) < 4.78 is 11.0. The van der Waals surface area contributed by atoms with Gasteiger partial charge in [0, 0.05) is 61.5 Å². The van der Waals surface area contributed by atoms with Crippen LogP contribution in [0, 0.1) is 0 Å². The summed E-state index contributed by atoms with van der Waals surface area (Å²) in [5.41, 5.74) is 3.82. The first-order valence-corrected chi connectivity index (χ1v) is 14.6. The molecule has 0 N–H and O–H groups in total. The largest absolute Gasteiger partial charge is 0.494 e. The maximum atomic E-state index is 14.0. The van der Waals surface area contributed by atoms with Gasteiger partial charge in [0.25, 0.3) is 5.91 Å². The fraction of sp³-hybridized carbons (Fsp3) is 0.364. The highest BCUT2D eigenvalue weighted by molar-refractivity contribution is 6.30. The fourth-order valence-electron chi connectivity index (χ4n) is 5.31. The SMILES string of the molecule is CCOC(=O)CCCOc1ccc2c(c1)N(C(=O)c1ccc(N(C)C)cc1)C(C)C[C@@H]2N(C(C)=O)c1ccc(Cl)cc1. The number of ether oxygens (including phenoxy) is 2. The van der Waals surface area contributed by atoms with Crippen LogP contribution < -0.4 is 19.4 Å². The number of esters is 1. The lowest BCUT2D eigenvalue weighted by Gasteiger charge is -2.43. The summed E-state index contributed by atoms with van der Waals surface area (Å²) in [6, 6.07) is 19.8. The first-order valence-electron chi connectivity index (χ1n) is 14.2. The van der Waals surface area contributed by atoms with Gasteiger partial charge in [0.2, 0.25) is 5.91 Å². The summed E-state index contributed by atoms with van der Waals surface area (Å²) in [5, 5.41) is 0.585. The number of hydrogen-bond acceptors (Lipinski definition) is 6. The van der Waals surface area contributed by atoms with E-state index >= 15 is 0 Å². The van der Waals surface area contributed by atoms with Crippen LogP contribution in [0.3, 0.4) is 0 Å².